The molecule has 3 heterocycles. The molecule has 0 radical (unpaired) electrons. The third-order valence-electron chi connectivity index (χ3n) is 4.08. The van der Waals surface area contributed by atoms with Gasteiger partial charge < -0.3 is 15.5 Å². The van der Waals surface area contributed by atoms with Gasteiger partial charge in [0.25, 0.3) is 0 Å². The van der Waals surface area contributed by atoms with E-state index in [0.717, 1.165) is 49.9 Å². The molecule has 0 bridgehead atoms. The number of amides is 1. The molecule has 0 spiro atoms. The second-order valence-electron chi connectivity index (χ2n) is 5.44. The summed E-state index contributed by atoms with van der Waals surface area (Å²) in [6, 6.07) is 2.22. The first-order valence-electron chi connectivity index (χ1n) is 7.33. The van der Waals surface area contributed by atoms with Crippen molar-refractivity contribution in [3.63, 3.8) is 0 Å². The first kappa shape index (κ1) is 13.1. The molecule has 0 aromatic carbocycles. The SMILES string of the molecule is CCNc1cc(N2CCCC3C(=O)NCC32)nc(C)n1. The van der Waals surface area contributed by atoms with E-state index < -0.39 is 0 Å². The molecule has 20 heavy (non-hydrogen) atoms. The number of aryl methyl sites for hydroxylation is 1. The lowest BCUT2D eigenvalue weighted by Gasteiger charge is -2.37. The molecule has 6 heteroatoms. The van der Waals surface area contributed by atoms with Crippen molar-refractivity contribution in [2.45, 2.75) is 32.7 Å². The number of rotatable bonds is 3. The summed E-state index contributed by atoms with van der Waals surface area (Å²) in [5.74, 6) is 2.85. The Kier molecular flexibility index (Phi) is 3.46. The van der Waals surface area contributed by atoms with Crippen molar-refractivity contribution < 1.29 is 4.79 Å². The van der Waals surface area contributed by atoms with Crippen molar-refractivity contribution in [1.82, 2.24) is 15.3 Å². The zero-order valence-corrected chi connectivity index (χ0v) is 12.0. The van der Waals surface area contributed by atoms with Gasteiger partial charge in [-0.1, -0.05) is 0 Å². The summed E-state index contributed by atoms with van der Waals surface area (Å²) >= 11 is 0. The summed E-state index contributed by atoms with van der Waals surface area (Å²) in [4.78, 5) is 23.1. The van der Waals surface area contributed by atoms with Gasteiger partial charge in [0.1, 0.15) is 17.5 Å². The molecule has 0 saturated carbocycles. The van der Waals surface area contributed by atoms with Crippen molar-refractivity contribution in [3.8, 4) is 0 Å². The zero-order chi connectivity index (χ0) is 14.1. The maximum Gasteiger partial charge on any atom is 0.225 e. The van der Waals surface area contributed by atoms with Crippen LogP contribution in [0.4, 0.5) is 11.6 Å². The van der Waals surface area contributed by atoms with Crippen LogP contribution in [0, 0.1) is 12.8 Å². The number of carbonyl (C=O) groups excluding carboxylic acids is 1. The second kappa shape index (κ2) is 5.26. The van der Waals surface area contributed by atoms with Crippen LogP contribution in [0.5, 0.6) is 0 Å². The number of fused-ring (bicyclic) bond motifs is 1. The van der Waals surface area contributed by atoms with Gasteiger partial charge in [-0.2, -0.15) is 0 Å². The maximum atomic E-state index is 11.8. The Morgan fingerprint density at radius 3 is 3.15 bits per heavy atom. The zero-order valence-electron chi connectivity index (χ0n) is 12.0. The van der Waals surface area contributed by atoms with Crippen LogP contribution in [-0.4, -0.2) is 41.6 Å². The number of hydrogen-bond donors (Lipinski definition) is 2. The Bertz CT molecular complexity index is 518. The predicted molar refractivity (Wildman–Crippen MR) is 77.8 cm³/mol. The molecule has 1 aromatic heterocycles. The van der Waals surface area contributed by atoms with Crippen LogP contribution in [0.2, 0.25) is 0 Å². The van der Waals surface area contributed by atoms with Crippen LogP contribution in [0.15, 0.2) is 6.07 Å². The van der Waals surface area contributed by atoms with E-state index in [4.69, 9.17) is 0 Å². The van der Waals surface area contributed by atoms with Crippen LogP contribution in [0.1, 0.15) is 25.6 Å². The van der Waals surface area contributed by atoms with Gasteiger partial charge in [-0.05, 0) is 26.7 Å². The fourth-order valence-electron chi connectivity index (χ4n) is 3.21. The van der Waals surface area contributed by atoms with Gasteiger partial charge in [-0.15, -0.1) is 0 Å². The molecule has 6 nitrogen and oxygen atoms in total. The molecule has 2 unspecified atom stereocenters. The largest absolute Gasteiger partial charge is 0.370 e. The number of piperidine rings is 1. The summed E-state index contributed by atoms with van der Waals surface area (Å²) < 4.78 is 0. The predicted octanol–water partition coefficient (Wildman–Crippen LogP) is 0.932. The van der Waals surface area contributed by atoms with Crippen LogP contribution in [0.25, 0.3) is 0 Å². The van der Waals surface area contributed by atoms with Crippen molar-refractivity contribution in [2.75, 3.05) is 29.9 Å². The van der Waals surface area contributed by atoms with E-state index in [-0.39, 0.29) is 17.9 Å². The van der Waals surface area contributed by atoms with Gasteiger partial charge in [-0.3, -0.25) is 4.79 Å². The van der Waals surface area contributed by atoms with E-state index in [1.54, 1.807) is 0 Å². The minimum absolute atomic E-state index is 0.113. The normalized spacial score (nSPS) is 25.3. The number of aromatic nitrogens is 2. The summed E-state index contributed by atoms with van der Waals surface area (Å²) in [6.45, 7) is 6.47. The Balaban J connectivity index is 1.89. The Morgan fingerprint density at radius 1 is 1.50 bits per heavy atom. The van der Waals surface area contributed by atoms with Crippen molar-refractivity contribution in [1.29, 1.82) is 0 Å². The molecule has 2 saturated heterocycles. The first-order chi connectivity index (χ1) is 9.69. The van der Waals surface area contributed by atoms with E-state index in [1.165, 1.54) is 0 Å². The fourth-order valence-corrected chi connectivity index (χ4v) is 3.21. The van der Waals surface area contributed by atoms with E-state index in [2.05, 4.69) is 25.5 Å². The Hall–Kier alpha value is -1.85. The summed E-state index contributed by atoms with van der Waals surface area (Å²) in [5, 5.41) is 6.21. The van der Waals surface area contributed by atoms with Gasteiger partial charge in [0.2, 0.25) is 5.91 Å². The Morgan fingerprint density at radius 2 is 2.35 bits per heavy atom. The highest BCUT2D eigenvalue weighted by molar-refractivity contribution is 5.83. The van der Waals surface area contributed by atoms with Gasteiger partial charge in [0.05, 0.1) is 12.0 Å². The molecule has 1 aromatic rings. The van der Waals surface area contributed by atoms with Gasteiger partial charge in [-0.25, -0.2) is 9.97 Å². The summed E-state index contributed by atoms with van der Waals surface area (Å²) in [7, 11) is 0. The van der Waals surface area contributed by atoms with Crippen molar-refractivity contribution in [3.05, 3.63) is 11.9 Å². The second-order valence-corrected chi connectivity index (χ2v) is 5.44. The van der Waals surface area contributed by atoms with Crippen LogP contribution >= 0.6 is 0 Å². The molecule has 2 fully saturated rings. The van der Waals surface area contributed by atoms with Crippen molar-refractivity contribution in [2.24, 2.45) is 5.92 Å². The van der Waals surface area contributed by atoms with Crippen LogP contribution < -0.4 is 15.5 Å². The molecular formula is C14H21N5O. The lowest BCUT2D eigenvalue weighted by Crippen LogP contribution is -2.46. The molecular weight excluding hydrogens is 254 g/mol. The maximum absolute atomic E-state index is 11.8. The fraction of sp³-hybridized carbons (Fsp3) is 0.643. The molecule has 2 aliphatic heterocycles. The average Bonchev–Trinajstić information content (AvgIpc) is 2.80. The highest BCUT2D eigenvalue weighted by atomic mass is 16.2. The minimum atomic E-state index is 0.113. The topological polar surface area (TPSA) is 70.2 Å². The van der Waals surface area contributed by atoms with E-state index in [9.17, 15) is 4.79 Å². The Labute approximate surface area is 119 Å². The molecule has 0 aliphatic carbocycles. The lowest BCUT2D eigenvalue weighted by atomic mass is 9.91. The van der Waals surface area contributed by atoms with E-state index in [1.807, 2.05) is 19.9 Å². The number of carbonyl (C=O) groups is 1. The van der Waals surface area contributed by atoms with Gasteiger partial charge >= 0.3 is 0 Å². The molecule has 3 rings (SSSR count). The van der Waals surface area contributed by atoms with Crippen molar-refractivity contribution >= 4 is 17.5 Å². The molecule has 1 amide bonds. The monoisotopic (exact) mass is 275 g/mol. The average molecular weight is 275 g/mol. The highest BCUT2D eigenvalue weighted by Crippen LogP contribution is 2.31. The third-order valence-corrected chi connectivity index (χ3v) is 4.08. The third kappa shape index (κ3) is 2.30. The van der Waals surface area contributed by atoms with Gasteiger partial charge in [0, 0.05) is 25.7 Å². The first-order valence-corrected chi connectivity index (χ1v) is 7.33. The van der Waals surface area contributed by atoms with E-state index in [0.29, 0.717) is 0 Å². The quantitative estimate of drug-likeness (QED) is 0.859. The number of hydrogen-bond acceptors (Lipinski definition) is 5. The molecule has 2 N–H and O–H groups in total. The standard InChI is InChI=1S/C14H21N5O/c1-3-15-12-7-13(18-9(2)17-12)19-6-4-5-10-11(19)8-16-14(10)20/h7,10-11H,3-6,8H2,1-2H3,(H,16,20)(H,15,17,18). The summed E-state index contributed by atoms with van der Waals surface area (Å²) in [6.07, 6.45) is 2.02. The highest BCUT2D eigenvalue weighted by Gasteiger charge is 2.41. The number of nitrogens with one attached hydrogen (secondary N) is 2. The summed E-state index contributed by atoms with van der Waals surface area (Å²) in [5.41, 5.74) is 0. The minimum Gasteiger partial charge on any atom is -0.370 e. The number of anilines is 2. The molecule has 2 aliphatic rings. The van der Waals surface area contributed by atoms with Crippen LogP contribution in [-0.2, 0) is 4.79 Å². The number of nitrogens with zero attached hydrogens (tertiary/aromatic N) is 3. The van der Waals surface area contributed by atoms with Gasteiger partial charge in [0.15, 0.2) is 0 Å². The van der Waals surface area contributed by atoms with Crippen LogP contribution in [0.3, 0.4) is 0 Å². The molecule has 108 valence electrons. The smallest absolute Gasteiger partial charge is 0.225 e. The lowest BCUT2D eigenvalue weighted by molar-refractivity contribution is -0.122. The molecule has 2 atom stereocenters. The van der Waals surface area contributed by atoms with E-state index >= 15 is 0 Å².